The van der Waals surface area contributed by atoms with Gasteiger partial charge in [-0.2, -0.15) is 0 Å². The first kappa shape index (κ1) is 16.8. The summed E-state index contributed by atoms with van der Waals surface area (Å²) < 4.78 is 0. The van der Waals surface area contributed by atoms with Gasteiger partial charge >= 0.3 is 0 Å². The first-order chi connectivity index (χ1) is 11.6. The second-order valence-electron chi connectivity index (χ2n) is 6.41. The van der Waals surface area contributed by atoms with Gasteiger partial charge in [-0.1, -0.05) is 61.4 Å². The van der Waals surface area contributed by atoms with Gasteiger partial charge in [0.25, 0.3) is 0 Å². The van der Waals surface area contributed by atoms with Gasteiger partial charge in [-0.3, -0.25) is 0 Å². The summed E-state index contributed by atoms with van der Waals surface area (Å²) in [5.74, 6) is 0. The third-order valence-electron chi connectivity index (χ3n) is 4.53. The van der Waals surface area contributed by atoms with Crippen LogP contribution in [0.2, 0.25) is 5.02 Å². The van der Waals surface area contributed by atoms with Gasteiger partial charge in [0.1, 0.15) is 0 Å². The SMILES string of the molecule is CCC/C=C(\C)c1cc2cc(-c3ccc(Cl)cc3)ccc2cc1C. The van der Waals surface area contributed by atoms with E-state index < -0.39 is 0 Å². The molecule has 0 saturated carbocycles. The smallest absolute Gasteiger partial charge is 0.0406 e. The van der Waals surface area contributed by atoms with Crippen LogP contribution in [0.4, 0.5) is 0 Å². The molecular weight excluding hydrogens is 312 g/mol. The Kier molecular flexibility index (Phi) is 5.06. The molecule has 3 aromatic carbocycles. The molecule has 122 valence electrons. The van der Waals surface area contributed by atoms with Gasteiger partial charge in [0.15, 0.2) is 0 Å². The first-order valence-electron chi connectivity index (χ1n) is 8.56. The number of unbranched alkanes of at least 4 members (excludes halogenated alkanes) is 1. The van der Waals surface area contributed by atoms with Gasteiger partial charge in [0, 0.05) is 5.02 Å². The highest BCUT2D eigenvalue weighted by molar-refractivity contribution is 6.30. The highest BCUT2D eigenvalue weighted by Gasteiger charge is 2.05. The van der Waals surface area contributed by atoms with Crippen LogP contribution in [0.25, 0.3) is 27.5 Å². The van der Waals surface area contributed by atoms with E-state index in [1.165, 1.54) is 45.0 Å². The van der Waals surface area contributed by atoms with Crippen molar-refractivity contribution in [1.82, 2.24) is 0 Å². The zero-order valence-corrected chi connectivity index (χ0v) is 15.3. The van der Waals surface area contributed by atoms with E-state index in [1.807, 2.05) is 12.1 Å². The minimum atomic E-state index is 0.772. The van der Waals surface area contributed by atoms with Crippen LogP contribution in [0.15, 0.2) is 60.7 Å². The Morgan fingerprint density at radius 3 is 2.33 bits per heavy atom. The van der Waals surface area contributed by atoms with E-state index in [1.54, 1.807) is 0 Å². The third kappa shape index (κ3) is 3.55. The molecular formula is C23H23Cl. The molecule has 0 aliphatic carbocycles. The lowest BCUT2D eigenvalue weighted by molar-refractivity contribution is 0.959. The van der Waals surface area contributed by atoms with Crippen molar-refractivity contribution in [3.63, 3.8) is 0 Å². The van der Waals surface area contributed by atoms with Crippen molar-refractivity contribution >= 4 is 27.9 Å². The molecule has 0 aliphatic heterocycles. The minimum absolute atomic E-state index is 0.772. The molecule has 0 heterocycles. The molecule has 0 saturated heterocycles. The number of hydrogen-bond acceptors (Lipinski definition) is 0. The normalized spacial score (nSPS) is 11.9. The molecule has 0 aliphatic rings. The zero-order valence-electron chi connectivity index (χ0n) is 14.6. The predicted octanol–water partition coefficient (Wildman–Crippen LogP) is 7.67. The van der Waals surface area contributed by atoms with Gasteiger partial charge in [-0.25, -0.2) is 0 Å². The van der Waals surface area contributed by atoms with E-state index in [0.717, 1.165) is 11.4 Å². The average molecular weight is 335 g/mol. The standard InChI is InChI=1S/C23H23Cl/c1-4-5-6-16(2)23-15-21-14-20(8-7-19(21)13-17(23)3)18-9-11-22(24)12-10-18/h6-15H,4-5H2,1-3H3/b16-6+. The fourth-order valence-corrected chi connectivity index (χ4v) is 3.26. The molecule has 0 atom stereocenters. The van der Waals surface area contributed by atoms with Gasteiger partial charge in [0.2, 0.25) is 0 Å². The second kappa shape index (κ2) is 7.23. The number of fused-ring (bicyclic) bond motifs is 1. The molecule has 0 spiro atoms. The molecule has 3 aromatic rings. The highest BCUT2D eigenvalue weighted by atomic mass is 35.5. The first-order valence-corrected chi connectivity index (χ1v) is 8.94. The zero-order chi connectivity index (χ0) is 17.1. The van der Waals surface area contributed by atoms with Crippen LogP contribution in [0.3, 0.4) is 0 Å². The molecule has 0 radical (unpaired) electrons. The van der Waals surface area contributed by atoms with Gasteiger partial charge in [-0.15, -0.1) is 0 Å². The maximum absolute atomic E-state index is 6.00. The Hall–Kier alpha value is -2.05. The number of rotatable bonds is 4. The summed E-state index contributed by atoms with van der Waals surface area (Å²) in [6.45, 7) is 6.63. The molecule has 24 heavy (non-hydrogen) atoms. The molecule has 0 unspecified atom stereocenters. The number of allylic oxidation sites excluding steroid dienone is 2. The van der Waals surface area contributed by atoms with Crippen LogP contribution in [-0.4, -0.2) is 0 Å². The Balaban J connectivity index is 2.08. The van der Waals surface area contributed by atoms with Gasteiger partial charge in [-0.05, 0) is 83.1 Å². The van der Waals surface area contributed by atoms with Crippen molar-refractivity contribution < 1.29 is 0 Å². The molecule has 0 N–H and O–H groups in total. The Morgan fingerprint density at radius 1 is 0.917 bits per heavy atom. The lowest BCUT2D eigenvalue weighted by Gasteiger charge is -2.11. The molecule has 3 rings (SSSR count). The van der Waals surface area contributed by atoms with E-state index in [4.69, 9.17) is 11.6 Å². The van der Waals surface area contributed by atoms with Crippen LogP contribution >= 0.6 is 11.6 Å². The topological polar surface area (TPSA) is 0 Å². The van der Waals surface area contributed by atoms with Crippen LogP contribution in [0.5, 0.6) is 0 Å². The van der Waals surface area contributed by atoms with Crippen molar-refractivity contribution in [3.05, 3.63) is 76.8 Å². The summed E-state index contributed by atoms with van der Waals surface area (Å²) in [5, 5.41) is 3.35. The van der Waals surface area contributed by atoms with Gasteiger partial charge < -0.3 is 0 Å². The summed E-state index contributed by atoms with van der Waals surface area (Å²) in [5.41, 5.74) is 6.48. The molecule has 0 bridgehead atoms. The number of benzene rings is 3. The van der Waals surface area contributed by atoms with Gasteiger partial charge in [0.05, 0.1) is 0 Å². The largest absolute Gasteiger partial charge is 0.0843 e. The second-order valence-corrected chi connectivity index (χ2v) is 6.85. The number of halogens is 1. The number of aryl methyl sites for hydroxylation is 1. The fraction of sp³-hybridized carbons (Fsp3) is 0.217. The summed E-state index contributed by atoms with van der Waals surface area (Å²) in [6.07, 6.45) is 4.66. The van der Waals surface area contributed by atoms with Crippen LogP contribution < -0.4 is 0 Å². The number of hydrogen-bond donors (Lipinski definition) is 0. The Labute approximate surface area is 149 Å². The Bertz CT molecular complexity index is 886. The summed E-state index contributed by atoms with van der Waals surface area (Å²) in [4.78, 5) is 0. The molecule has 0 aromatic heterocycles. The van der Waals surface area contributed by atoms with Crippen molar-refractivity contribution in [1.29, 1.82) is 0 Å². The van der Waals surface area contributed by atoms with Crippen molar-refractivity contribution in [3.8, 4) is 11.1 Å². The molecule has 0 amide bonds. The maximum atomic E-state index is 6.00. The van der Waals surface area contributed by atoms with E-state index in [2.05, 4.69) is 69.3 Å². The Morgan fingerprint density at radius 2 is 1.62 bits per heavy atom. The van der Waals surface area contributed by atoms with E-state index in [-0.39, 0.29) is 0 Å². The maximum Gasteiger partial charge on any atom is 0.0406 e. The highest BCUT2D eigenvalue weighted by Crippen LogP contribution is 2.30. The van der Waals surface area contributed by atoms with Crippen molar-refractivity contribution in [2.45, 2.75) is 33.6 Å². The summed E-state index contributed by atoms with van der Waals surface area (Å²) >= 11 is 6.00. The monoisotopic (exact) mass is 334 g/mol. The van der Waals surface area contributed by atoms with Crippen LogP contribution in [0, 0.1) is 6.92 Å². The van der Waals surface area contributed by atoms with E-state index in [0.29, 0.717) is 0 Å². The average Bonchev–Trinajstić information content (AvgIpc) is 2.59. The van der Waals surface area contributed by atoms with Crippen molar-refractivity contribution in [2.24, 2.45) is 0 Å². The molecule has 0 fully saturated rings. The van der Waals surface area contributed by atoms with E-state index >= 15 is 0 Å². The summed E-state index contributed by atoms with van der Waals surface area (Å²) in [6, 6.07) is 19.3. The summed E-state index contributed by atoms with van der Waals surface area (Å²) in [7, 11) is 0. The van der Waals surface area contributed by atoms with E-state index in [9.17, 15) is 0 Å². The lowest BCUT2D eigenvalue weighted by Crippen LogP contribution is -1.88. The van der Waals surface area contributed by atoms with Crippen LogP contribution in [0.1, 0.15) is 37.8 Å². The fourth-order valence-electron chi connectivity index (χ4n) is 3.13. The van der Waals surface area contributed by atoms with Crippen molar-refractivity contribution in [2.75, 3.05) is 0 Å². The minimum Gasteiger partial charge on any atom is -0.0843 e. The third-order valence-corrected chi connectivity index (χ3v) is 4.78. The quantitative estimate of drug-likeness (QED) is 0.459. The predicted molar refractivity (Wildman–Crippen MR) is 108 cm³/mol. The molecule has 0 nitrogen and oxygen atoms in total. The molecule has 1 heteroatoms. The lowest BCUT2D eigenvalue weighted by atomic mass is 9.94. The van der Waals surface area contributed by atoms with Crippen LogP contribution in [-0.2, 0) is 0 Å².